The molecule has 1 aromatic heterocycles. The van der Waals surface area contributed by atoms with E-state index in [0.717, 1.165) is 16.8 Å². The van der Waals surface area contributed by atoms with Crippen LogP contribution in [-0.2, 0) is 0 Å². The normalized spacial score (nSPS) is 9.73. The summed E-state index contributed by atoms with van der Waals surface area (Å²) in [4.78, 5) is 4.08. The highest BCUT2D eigenvalue weighted by Gasteiger charge is 1.98. The molecule has 1 heterocycles. The lowest BCUT2D eigenvalue weighted by Crippen LogP contribution is -1.99. The molecule has 1 aromatic rings. The molecule has 0 amide bonds. The molecule has 0 spiro atoms. The van der Waals surface area contributed by atoms with Crippen molar-refractivity contribution in [1.29, 1.82) is 0 Å². The first-order valence-electron chi connectivity index (χ1n) is 3.29. The molecule has 1 rings (SSSR count). The van der Waals surface area contributed by atoms with E-state index in [4.69, 9.17) is 11.6 Å². The Balaban J connectivity index is 2.90. The van der Waals surface area contributed by atoms with E-state index in [0.29, 0.717) is 5.02 Å². The topological polar surface area (TPSA) is 24.9 Å². The highest BCUT2D eigenvalue weighted by atomic mass is 79.9. The molecule has 0 aliphatic carbocycles. The highest BCUT2D eigenvalue weighted by molar-refractivity contribution is 9.10. The lowest BCUT2D eigenvalue weighted by atomic mass is 10.4. The number of aromatic nitrogens is 1. The molecular weight excluding hydrogens is 227 g/mol. The first-order valence-corrected chi connectivity index (χ1v) is 4.46. The molecule has 0 bridgehead atoms. The molecule has 1 N–H and O–H groups in total. The van der Waals surface area contributed by atoms with Gasteiger partial charge in [0.15, 0.2) is 0 Å². The van der Waals surface area contributed by atoms with Crippen LogP contribution in [-0.4, -0.2) is 11.5 Å². The molecule has 0 aliphatic heterocycles. The highest BCUT2D eigenvalue weighted by Crippen LogP contribution is 2.22. The number of rotatable bonds is 2. The number of hydrogen-bond acceptors (Lipinski definition) is 2. The van der Waals surface area contributed by atoms with E-state index in [-0.39, 0.29) is 0 Å². The van der Waals surface area contributed by atoms with E-state index in [1.54, 1.807) is 6.20 Å². The Morgan fingerprint density at radius 3 is 3.00 bits per heavy atom. The van der Waals surface area contributed by atoms with Crippen LogP contribution in [0.4, 0.5) is 5.82 Å². The zero-order chi connectivity index (χ0) is 8.27. The Bertz CT molecular complexity index is 252. The summed E-state index contributed by atoms with van der Waals surface area (Å²) < 4.78 is 0.895. The van der Waals surface area contributed by atoms with Gasteiger partial charge in [-0.1, -0.05) is 11.6 Å². The van der Waals surface area contributed by atoms with E-state index in [1.165, 1.54) is 0 Å². The zero-order valence-corrected chi connectivity index (χ0v) is 8.41. The van der Waals surface area contributed by atoms with E-state index >= 15 is 0 Å². The minimum Gasteiger partial charge on any atom is -0.369 e. The lowest BCUT2D eigenvalue weighted by molar-refractivity contribution is 1.15. The van der Waals surface area contributed by atoms with Gasteiger partial charge in [-0.2, -0.15) is 0 Å². The molecule has 0 aliphatic rings. The maximum Gasteiger partial charge on any atom is 0.140 e. The summed E-state index contributed by atoms with van der Waals surface area (Å²) in [5.41, 5.74) is 0. The van der Waals surface area contributed by atoms with Crippen LogP contribution in [0.3, 0.4) is 0 Å². The van der Waals surface area contributed by atoms with Crippen molar-refractivity contribution in [2.24, 2.45) is 0 Å². The fourth-order valence-corrected chi connectivity index (χ4v) is 1.49. The van der Waals surface area contributed by atoms with Gasteiger partial charge in [0.1, 0.15) is 5.82 Å². The Morgan fingerprint density at radius 2 is 2.45 bits per heavy atom. The molecule has 2 nitrogen and oxygen atoms in total. The van der Waals surface area contributed by atoms with Crippen molar-refractivity contribution in [2.45, 2.75) is 6.92 Å². The van der Waals surface area contributed by atoms with Gasteiger partial charge < -0.3 is 5.32 Å². The van der Waals surface area contributed by atoms with Crippen LogP contribution in [0.5, 0.6) is 0 Å². The van der Waals surface area contributed by atoms with Crippen molar-refractivity contribution in [2.75, 3.05) is 11.9 Å². The molecule has 60 valence electrons. The summed E-state index contributed by atoms with van der Waals surface area (Å²) in [6.45, 7) is 2.87. The number of pyridine rings is 1. The van der Waals surface area contributed by atoms with Crippen LogP contribution in [0.2, 0.25) is 5.02 Å². The fraction of sp³-hybridized carbons (Fsp3) is 0.286. The molecular formula is C7H8BrClN2. The van der Waals surface area contributed by atoms with E-state index < -0.39 is 0 Å². The molecule has 0 atom stereocenters. The fourth-order valence-electron chi connectivity index (χ4n) is 0.712. The van der Waals surface area contributed by atoms with Gasteiger partial charge in [0.05, 0.1) is 9.50 Å². The largest absolute Gasteiger partial charge is 0.369 e. The van der Waals surface area contributed by atoms with Crippen molar-refractivity contribution in [3.8, 4) is 0 Å². The summed E-state index contributed by atoms with van der Waals surface area (Å²) in [7, 11) is 0. The van der Waals surface area contributed by atoms with Crippen molar-refractivity contribution in [1.82, 2.24) is 4.98 Å². The molecule has 0 saturated carbocycles. The quantitative estimate of drug-likeness (QED) is 0.852. The smallest absolute Gasteiger partial charge is 0.140 e. The summed E-state index contributed by atoms with van der Waals surface area (Å²) in [6, 6.07) is 1.81. The summed E-state index contributed by atoms with van der Waals surface area (Å²) >= 11 is 9.04. The Morgan fingerprint density at radius 1 is 1.73 bits per heavy atom. The average Bonchev–Trinajstić information content (AvgIpc) is 1.95. The first kappa shape index (κ1) is 8.81. The second kappa shape index (κ2) is 3.93. The van der Waals surface area contributed by atoms with Crippen LogP contribution in [0, 0.1) is 0 Å². The third-order valence-corrected chi connectivity index (χ3v) is 1.96. The Hall–Kier alpha value is -0.280. The van der Waals surface area contributed by atoms with Gasteiger partial charge in [-0.3, -0.25) is 0 Å². The van der Waals surface area contributed by atoms with Gasteiger partial charge in [-0.05, 0) is 28.9 Å². The third kappa shape index (κ3) is 2.34. The van der Waals surface area contributed by atoms with Crippen molar-refractivity contribution >= 4 is 33.3 Å². The second-order valence-electron chi connectivity index (χ2n) is 2.01. The van der Waals surface area contributed by atoms with Gasteiger partial charge in [0.25, 0.3) is 0 Å². The maximum atomic E-state index is 5.70. The van der Waals surface area contributed by atoms with E-state index in [1.807, 2.05) is 13.0 Å². The van der Waals surface area contributed by atoms with Crippen LogP contribution >= 0.6 is 27.5 Å². The lowest BCUT2D eigenvalue weighted by Gasteiger charge is -2.03. The summed E-state index contributed by atoms with van der Waals surface area (Å²) in [6.07, 6.45) is 1.62. The predicted molar refractivity (Wildman–Crippen MR) is 51.1 cm³/mol. The molecule has 11 heavy (non-hydrogen) atoms. The van der Waals surface area contributed by atoms with Crippen LogP contribution in [0.1, 0.15) is 6.92 Å². The van der Waals surface area contributed by atoms with Gasteiger partial charge in [0, 0.05) is 12.7 Å². The SMILES string of the molecule is CCNc1ncc(Cl)cc1Br. The zero-order valence-electron chi connectivity index (χ0n) is 6.06. The summed E-state index contributed by atoms with van der Waals surface area (Å²) in [5.74, 6) is 0.830. The van der Waals surface area contributed by atoms with Gasteiger partial charge in [-0.15, -0.1) is 0 Å². The van der Waals surface area contributed by atoms with Crippen molar-refractivity contribution in [3.63, 3.8) is 0 Å². The number of anilines is 1. The number of halogens is 2. The van der Waals surface area contributed by atoms with Gasteiger partial charge in [0.2, 0.25) is 0 Å². The average molecular weight is 236 g/mol. The minimum absolute atomic E-state index is 0.638. The van der Waals surface area contributed by atoms with Crippen LogP contribution in [0.15, 0.2) is 16.7 Å². The molecule has 0 unspecified atom stereocenters. The van der Waals surface area contributed by atoms with E-state index in [2.05, 4.69) is 26.2 Å². The Labute approximate surface area is 79.1 Å². The monoisotopic (exact) mass is 234 g/mol. The van der Waals surface area contributed by atoms with Gasteiger partial charge >= 0.3 is 0 Å². The summed E-state index contributed by atoms with van der Waals surface area (Å²) in [5, 5.41) is 3.72. The molecule has 0 fully saturated rings. The number of nitrogens with zero attached hydrogens (tertiary/aromatic N) is 1. The molecule has 4 heteroatoms. The second-order valence-corrected chi connectivity index (χ2v) is 3.31. The standard InChI is InChI=1S/C7H8BrClN2/c1-2-10-7-6(8)3-5(9)4-11-7/h3-4H,2H2,1H3,(H,10,11). The molecule has 0 saturated heterocycles. The minimum atomic E-state index is 0.638. The maximum absolute atomic E-state index is 5.70. The van der Waals surface area contributed by atoms with Crippen molar-refractivity contribution < 1.29 is 0 Å². The van der Waals surface area contributed by atoms with Crippen molar-refractivity contribution in [3.05, 3.63) is 21.8 Å². The Kier molecular flexibility index (Phi) is 3.15. The van der Waals surface area contributed by atoms with E-state index in [9.17, 15) is 0 Å². The molecule has 0 aromatic carbocycles. The van der Waals surface area contributed by atoms with Crippen LogP contribution < -0.4 is 5.32 Å². The third-order valence-electron chi connectivity index (χ3n) is 1.15. The van der Waals surface area contributed by atoms with Crippen LogP contribution in [0.25, 0.3) is 0 Å². The first-order chi connectivity index (χ1) is 5.24. The number of hydrogen-bond donors (Lipinski definition) is 1. The number of nitrogens with one attached hydrogen (secondary N) is 1. The predicted octanol–water partition coefficient (Wildman–Crippen LogP) is 2.93. The van der Waals surface area contributed by atoms with Gasteiger partial charge in [-0.25, -0.2) is 4.98 Å². The molecule has 0 radical (unpaired) electrons.